The Morgan fingerprint density at radius 1 is 1.15 bits per heavy atom. The molecular formula is C15H24N2O3. The predicted molar refractivity (Wildman–Crippen MR) is 79.5 cm³/mol. The van der Waals surface area contributed by atoms with Crippen molar-refractivity contribution in [3.8, 4) is 0 Å². The van der Waals surface area contributed by atoms with Crippen LogP contribution in [0.2, 0.25) is 0 Å². The molecule has 112 valence electrons. The van der Waals surface area contributed by atoms with E-state index in [2.05, 4.69) is 15.4 Å². The van der Waals surface area contributed by atoms with Crippen molar-refractivity contribution < 1.29 is 14.3 Å². The number of benzene rings is 1. The van der Waals surface area contributed by atoms with Crippen molar-refractivity contribution >= 4 is 11.9 Å². The minimum Gasteiger partial charge on any atom is -0.469 e. The number of nitrogens with one attached hydrogen (secondary N) is 2. The molecule has 2 N–H and O–H groups in total. The monoisotopic (exact) mass is 280 g/mol. The van der Waals surface area contributed by atoms with Crippen LogP contribution in [0, 0.1) is 6.92 Å². The summed E-state index contributed by atoms with van der Waals surface area (Å²) in [5.41, 5.74) is 2.41. The lowest BCUT2D eigenvalue weighted by Gasteiger charge is -2.00. The van der Waals surface area contributed by atoms with Crippen molar-refractivity contribution in [2.45, 2.75) is 19.8 Å². The van der Waals surface area contributed by atoms with Gasteiger partial charge in [0, 0.05) is 13.5 Å². The van der Waals surface area contributed by atoms with E-state index in [1.807, 2.05) is 31.2 Å². The molecule has 0 aliphatic rings. The average molecular weight is 280 g/mol. The molecule has 0 fully saturated rings. The van der Waals surface area contributed by atoms with Crippen LogP contribution in [0.1, 0.15) is 17.5 Å². The summed E-state index contributed by atoms with van der Waals surface area (Å²) in [6.07, 6.45) is 1.21. The molecule has 0 atom stereocenters. The van der Waals surface area contributed by atoms with Crippen molar-refractivity contribution in [1.29, 1.82) is 0 Å². The van der Waals surface area contributed by atoms with Gasteiger partial charge in [0.15, 0.2) is 0 Å². The summed E-state index contributed by atoms with van der Waals surface area (Å²) in [5, 5.41) is 5.17. The summed E-state index contributed by atoms with van der Waals surface area (Å²) in [5.74, 6) is -0.136. The minimum atomic E-state index is -0.152. The van der Waals surface area contributed by atoms with Gasteiger partial charge >= 0.3 is 5.97 Å². The summed E-state index contributed by atoms with van der Waals surface area (Å²) in [6.45, 7) is 2.45. The van der Waals surface area contributed by atoms with E-state index in [4.69, 9.17) is 0 Å². The first-order valence-electron chi connectivity index (χ1n) is 6.51. The van der Waals surface area contributed by atoms with E-state index in [1.165, 1.54) is 18.2 Å². The van der Waals surface area contributed by atoms with Crippen molar-refractivity contribution in [1.82, 2.24) is 10.6 Å². The molecule has 0 radical (unpaired) electrons. The molecule has 1 amide bonds. The highest BCUT2D eigenvalue weighted by molar-refractivity contribution is 5.77. The van der Waals surface area contributed by atoms with Crippen LogP contribution in [0.3, 0.4) is 0 Å². The summed E-state index contributed by atoms with van der Waals surface area (Å²) < 4.78 is 4.56. The van der Waals surface area contributed by atoms with E-state index in [0.29, 0.717) is 13.0 Å². The SMILES string of the molecule is CNCC(=O)NC.COC(=O)CCc1ccc(C)cc1. The van der Waals surface area contributed by atoms with Crippen LogP contribution in [0.4, 0.5) is 0 Å². The highest BCUT2D eigenvalue weighted by Crippen LogP contribution is 2.05. The van der Waals surface area contributed by atoms with Crippen LogP contribution in [0.25, 0.3) is 0 Å². The summed E-state index contributed by atoms with van der Waals surface area (Å²) in [7, 11) is 4.76. The zero-order chi connectivity index (χ0) is 15.4. The Morgan fingerprint density at radius 2 is 1.75 bits per heavy atom. The van der Waals surface area contributed by atoms with E-state index in [9.17, 15) is 9.59 Å². The highest BCUT2D eigenvalue weighted by Gasteiger charge is 2.00. The van der Waals surface area contributed by atoms with Crippen LogP contribution < -0.4 is 10.6 Å². The molecule has 0 aliphatic carbocycles. The maximum atomic E-state index is 10.8. The third kappa shape index (κ3) is 9.10. The van der Waals surface area contributed by atoms with Crippen LogP contribution in [0.5, 0.6) is 0 Å². The fraction of sp³-hybridized carbons (Fsp3) is 0.467. The van der Waals surface area contributed by atoms with Crippen molar-refractivity contribution in [2.24, 2.45) is 0 Å². The van der Waals surface area contributed by atoms with Gasteiger partial charge in [-0.2, -0.15) is 0 Å². The van der Waals surface area contributed by atoms with Crippen molar-refractivity contribution in [2.75, 3.05) is 27.7 Å². The lowest BCUT2D eigenvalue weighted by atomic mass is 10.1. The standard InChI is InChI=1S/C11H14O2.C4H10N2O/c1-9-3-5-10(6-4-9)7-8-11(12)13-2;1-5-3-4(7)6-2/h3-6H,7-8H2,1-2H3;5H,3H2,1-2H3,(H,6,7). The molecule has 0 bridgehead atoms. The van der Waals surface area contributed by atoms with Gasteiger partial charge in [-0.3, -0.25) is 9.59 Å². The average Bonchev–Trinajstić information content (AvgIpc) is 2.47. The van der Waals surface area contributed by atoms with Gasteiger partial charge in [-0.25, -0.2) is 0 Å². The van der Waals surface area contributed by atoms with Crippen molar-refractivity contribution in [3.63, 3.8) is 0 Å². The molecule has 0 spiro atoms. The van der Waals surface area contributed by atoms with Gasteiger partial charge in [0.2, 0.25) is 5.91 Å². The first kappa shape index (κ1) is 18.1. The Balaban J connectivity index is 0.000000441. The lowest BCUT2D eigenvalue weighted by molar-refractivity contribution is -0.140. The smallest absolute Gasteiger partial charge is 0.305 e. The zero-order valence-electron chi connectivity index (χ0n) is 12.7. The molecule has 5 nitrogen and oxygen atoms in total. The van der Waals surface area contributed by atoms with Crippen LogP contribution in [0.15, 0.2) is 24.3 Å². The Bertz CT molecular complexity index is 402. The second-order valence-electron chi connectivity index (χ2n) is 4.27. The first-order valence-corrected chi connectivity index (χ1v) is 6.51. The van der Waals surface area contributed by atoms with Crippen LogP contribution in [-0.4, -0.2) is 39.6 Å². The number of amides is 1. The number of aryl methyl sites for hydroxylation is 2. The number of rotatable bonds is 5. The number of esters is 1. The second kappa shape index (κ2) is 11.0. The topological polar surface area (TPSA) is 67.4 Å². The molecule has 1 aromatic carbocycles. The van der Waals surface area contributed by atoms with E-state index in [-0.39, 0.29) is 11.9 Å². The van der Waals surface area contributed by atoms with E-state index >= 15 is 0 Å². The van der Waals surface area contributed by atoms with E-state index in [1.54, 1.807) is 14.1 Å². The minimum absolute atomic E-state index is 0.0162. The lowest BCUT2D eigenvalue weighted by Crippen LogP contribution is -2.28. The fourth-order valence-corrected chi connectivity index (χ4v) is 1.35. The number of carbonyl (C=O) groups excluding carboxylic acids is 2. The number of methoxy groups -OCH3 is 1. The van der Waals surface area contributed by atoms with Gasteiger partial charge in [-0.15, -0.1) is 0 Å². The molecule has 0 heterocycles. The number of hydrogen-bond acceptors (Lipinski definition) is 4. The molecule has 0 saturated carbocycles. The van der Waals surface area contributed by atoms with Gasteiger partial charge in [0.25, 0.3) is 0 Å². The number of likely N-dealkylation sites (N-methyl/N-ethyl adjacent to an activating group) is 2. The Morgan fingerprint density at radius 3 is 2.15 bits per heavy atom. The quantitative estimate of drug-likeness (QED) is 0.791. The number of carbonyl (C=O) groups is 2. The molecule has 0 aliphatic heterocycles. The van der Waals surface area contributed by atoms with Gasteiger partial charge in [0.05, 0.1) is 13.7 Å². The molecule has 1 aromatic rings. The molecule has 0 saturated heterocycles. The molecule has 0 unspecified atom stereocenters. The molecular weight excluding hydrogens is 256 g/mol. The summed E-state index contributed by atoms with van der Waals surface area (Å²) in [4.78, 5) is 21.1. The Hall–Kier alpha value is -1.88. The molecule has 5 heteroatoms. The predicted octanol–water partition coefficient (Wildman–Crippen LogP) is 1.05. The first-order chi connectivity index (χ1) is 9.53. The molecule has 1 rings (SSSR count). The summed E-state index contributed by atoms with van der Waals surface area (Å²) >= 11 is 0. The Labute approximate surface area is 120 Å². The van der Waals surface area contributed by atoms with E-state index < -0.39 is 0 Å². The Kier molecular flexibility index (Phi) is 9.96. The van der Waals surface area contributed by atoms with Gasteiger partial charge < -0.3 is 15.4 Å². The normalized spacial score (nSPS) is 9.20. The van der Waals surface area contributed by atoms with Gasteiger partial charge in [0.1, 0.15) is 0 Å². The highest BCUT2D eigenvalue weighted by atomic mass is 16.5. The van der Waals surface area contributed by atoms with Crippen LogP contribution in [-0.2, 0) is 20.7 Å². The van der Waals surface area contributed by atoms with Gasteiger partial charge in [-0.1, -0.05) is 29.8 Å². The second-order valence-corrected chi connectivity index (χ2v) is 4.27. The van der Waals surface area contributed by atoms with Crippen LogP contribution >= 0.6 is 0 Å². The number of hydrogen-bond donors (Lipinski definition) is 2. The fourth-order valence-electron chi connectivity index (χ4n) is 1.35. The third-order valence-corrected chi connectivity index (χ3v) is 2.58. The van der Waals surface area contributed by atoms with E-state index in [0.717, 1.165) is 6.42 Å². The largest absolute Gasteiger partial charge is 0.469 e. The summed E-state index contributed by atoms with van der Waals surface area (Å²) in [6, 6.07) is 8.18. The number of ether oxygens (including phenoxy) is 1. The zero-order valence-corrected chi connectivity index (χ0v) is 12.7. The molecule has 0 aromatic heterocycles. The third-order valence-electron chi connectivity index (χ3n) is 2.58. The maximum absolute atomic E-state index is 10.8. The molecule has 20 heavy (non-hydrogen) atoms. The maximum Gasteiger partial charge on any atom is 0.305 e. The van der Waals surface area contributed by atoms with Crippen molar-refractivity contribution in [3.05, 3.63) is 35.4 Å². The van der Waals surface area contributed by atoms with Gasteiger partial charge in [-0.05, 0) is 26.0 Å².